The lowest BCUT2D eigenvalue weighted by molar-refractivity contribution is 0.195. The summed E-state index contributed by atoms with van der Waals surface area (Å²) in [5.41, 5.74) is 1.56. The van der Waals surface area contributed by atoms with Crippen LogP contribution in [0.5, 0.6) is 0 Å². The zero-order valence-corrected chi connectivity index (χ0v) is 11.7. The van der Waals surface area contributed by atoms with Crippen molar-refractivity contribution in [3.8, 4) is 0 Å². The highest BCUT2D eigenvalue weighted by Gasteiger charge is 2.26. The number of nitrogens with one attached hydrogen (secondary N) is 1. The van der Waals surface area contributed by atoms with Crippen molar-refractivity contribution < 1.29 is 8.78 Å². The Labute approximate surface area is 123 Å². The van der Waals surface area contributed by atoms with Crippen molar-refractivity contribution in [2.75, 3.05) is 26.2 Å². The molecule has 1 aliphatic heterocycles. The molecule has 0 aromatic heterocycles. The maximum atomic E-state index is 14.3. The van der Waals surface area contributed by atoms with Crippen LogP contribution in [0.3, 0.4) is 0 Å². The number of hydrogen-bond donors (Lipinski definition) is 1. The number of rotatable bonds is 3. The van der Waals surface area contributed by atoms with E-state index in [9.17, 15) is 8.78 Å². The third kappa shape index (κ3) is 3.12. The van der Waals surface area contributed by atoms with E-state index in [1.807, 2.05) is 30.3 Å². The third-order valence-corrected chi connectivity index (χ3v) is 3.89. The number of hydrogen-bond acceptors (Lipinski definition) is 2. The molecular formula is C17H18F2N2. The maximum absolute atomic E-state index is 14.3. The van der Waals surface area contributed by atoms with Crippen LogP contribution in [0.4, 0.5) is 8.78 Å². The third-order valence-electron chi connectivity index (χ3n) is 3.89. The summed E-state index contributed by atoms with van der Waals surface area (Å²) < 4.78 is 27.5. The molecule has 0 saturated carbocycles. The zero-order chi connectivity index (χ0) is 14.7. The second-order valence-electron chi connectivity index (χ2n) is 5.27. The molecule has 110 valence electrons. The highest BCUT2D eigenvalue weighted by Crippen LogP contribution is 2.30. The minimum Gasteiger partial charge on any atom is -0.314 e. The van der Waals surface area contributed by atoms with Crippen molar-refractivity contribution in [1.82, 2.24) is 10.2 Å². The molecule has 0 unspecified atom stereocenters. The normalized spacial score (nSPS) is 17.6. The molecule has 1 atom stereocenters. The molecule has 2 aromatic carbocycles. The first-order valence-electron chi connectivity index (χ1n) is 7.20. The predicted octanol–water partition coefficient (Wildman–Crippen LogP) is 2.96. The average Bonchev–Trinajstić information content (AvgIpc) is 2.52. The first kappa shape index (κ1) is 14.2. The van der Waals surface area contributed by atoms with Crippen LogP contribution < -0.4 is 5.32 Å². The Morgan fingerprint density at radius 3 is 2.33 bits per heavy atom. The van der Waals surface area contributed by atoms with Gasteiger partial charge in [0.15, 0.2) is 0 Å². The fourth-order valence-electron chi connectivity index (χ4n) is 2.89. The van der Waals surface area contributed by atoms with E-state index >= 15 is 0 Å². The lowest BCUT2D eigenvalue weighted by Gasteiger charge is -2.35. The van der Waals surface area contributed by atoms with Crippen LogP contribution in [0, 0.1) is 11.6 Å². The standard InChI is InChI=1S/C17H18F2N2/c18-14-6-7-15(16(19)12-14)17(13-4-2-1-3-5-13)21-10-8-20-9-11-21/h1-7,12,17,20H,8-11H2/t17-/m1/s1. The predicted molar refractivity (Wildman–Crippen MR) is 79.1 cm³/mol. The van der Waals surface area contributed by atoms with Gasteiger partial charge in [0.1, 0.15) is 11.6 Å². The molecule has 1 saturated heterocycles. The van der Waals surface area contributed by atoms with Gasteiger partial charge in [0.05, 0.1) is 6.04 Å². The molecule has 1 heterocycles. The quantitative estimate of drug-likeness (QED) is 0.934. The summed E-state index contributed by atoms with van der Waals surface area (Å²) >= 11 is 0. The molecule has 0 radical (unpaired) electrons. The molecule has 0 aliphatic carbocycles. The van der Waals surface area contributed by atoms with Crippen LogP contribution in [0.1, 0.15) is 17.2 Å². The SMILES string of the molecule is Fc1ccc([C@@H](c2ccccc2)N2CCNCC2)c(F)c1. The monoisotopic (exact) mass is 288 g/mol. The van der Waals surface area contributed by atoms with Crippen LogP contribution in [-0.2, 0) is 0 Å². The smallest absolute Gasteiger partial charge is 0.131 e. The summed E-state index contributed by atoms with van der Waals surface area (Å²) in [7, 11) is 0. The van der Waals surface area contributed by atoms with E-state index in [4.69, 9.17) is 0 Å². The van der Waals surface area contributed by atoms with E-state index in [0.29, 0.717) is 5.56 Å². The second kappa shape index (κ2) is 6.33. The zero-order valence-electron chi connectivity index (χ0n) is 11.7. The number of nitrogens with zero attached hydrogens (tertiary/aromatic N) is 1. The molecule has 1 N–H and O–H groups in total. The maximum Gasteiger partial charge on any atom is 0.131 e. The van der Waals surface area contributed by atoms with E-state index in [1.165, 1.54) is 6.07 Å². The fraction of sp³-hybridized carbons (Fsp3) is 0.294. The van der Waals surface area contributed by atoms with Gasteiger partial charge in [-0.15, -0.1) is 0 Å². The van der Waals surface area contributed by atoms with Crippen molar-refractivity contribution in [1.29, 1.82) is 0 Å². The van der Waals surface area contributed by atoms with Crippen molar-refractivity contribution >= 4 is 0 Å². The largest absolute Gasteiger partial charge is 0.314 e. The second-order valence-corrected chi connectivity index (χ2v) is 5.27. The molecule has 2 aromatic rings. The summed E-state index contributed by atoms with van der Waals surface area (Å²) in [4.78, 5) is 2.24. The topological polar surface area (TPSA) is 15.3 Å². The van der Waals surface area contributed by atoms with Crippen LogP contribution in [0.15, 0.2) is 48.5 Å². The Morgan fingerprint density at radius 1 is 0.952 bits per heavy atom. The van der Waals surface area contributed by atoms with Gasteiger partial charge in [0, 0.05) is 37.8 Å². The summed E-state index contributed by atoms with van der Waals surface area (Å²) in [5.74, 6) is -1.02. The highest BCUT2D eigenvalue weighted by atomic mass is 19.1. The van der Waals surface area contributed by atoms with Crippen LogP contribution in [0.25, 0.3) is 0 Å². The van der Waals surface area contributed by atoms with Gasteiger partial charge in [-0.2, -0.15) is 0 Å². The molecule has 21 heavy (non-hydrogen) atoms. The van der Waals surface area contributed by atoms with Gasteiger partial charge < -0.3 is 5.32 Å². The fourth-order valence-corrected chi connectivity index (χ4v) is 2.89. The Hall–Kier alpha value is -1.78. The molecule has 4 heteroatoms. The molecule has 1 aliphatic rings. The van der Waals surface area contributed by atoms with Gasteiger partial charge in [0.2, 0.25) is 0 Å². The highest BCUT2D eigenvalue weighted by molar-refractivity contribution is 5.33. The van der Waals surface area contributed by atoms with Crippen LogP contribution in [0.2, 0.25) is 0 Å². The van der Waals surface area contributed by atoms with E-state index in [-0.39, 0.29) is 6.04 Å². The van der Waals surface area contributed by atoms with Crippen molar-refractivity contribution in [2.45, 2.75) is 6.04 Å². The molecule has 1 fully saturated rings. The van der Waals surface area contributed by atoms with Gasteiger partial charge in [0.25, 0.3) is 0 Å². The van der Waals surface area contributed by atoms with E-state index in [1.54, 1.807) is 6.07 Å². The lowest BCUT2D eigenvalue weighted by atomic mass is 9.96. The molecule has 2 nitrogen and oxygen atoms in total. The first-order valence-corrected chi connectivity index (χ1v) is 7.20. The number of piperazine rings is 1. The van der Waals surface area contributed by atoms with Gasteiger partial charge in [-0.3, -0.25) is 4.90 Å². The summed E-state index contributed by atoms with van der Waals surface area (Å²) in [6.07, 6.45) is 0. The summed E-state index contributed by atoms with van der Waals surface area (Å²) in [6.45, 7) is 3.45. The molecule has 3 rings (SSSR count). The average molecular weight is 288 g/mol. The summed E-state index contributed by atoms with van der Waals surface area (Å²) in [6, 6.07) is 13.5. The number of halogens is 2. The minimum absolute atomic E-state index is 0.172. The Kier molecular flexibility index (Phi) is 4.27. The lowest BCUT2D eigenvalue weighted by Crippen LogP contribution is -2.45. The first-order chi connectivity index (χ1) is 10.3. The van der Waals surface area contributed by atoms with Crippen molar-refractivity contribution in [2.24, 2.45) is 0 Å². The molecule has 0 spiro atoms. The van der Waals surface area contributed by atoms with Gasteiger partial charge in [-0.25, -0.2) is 8.78 Å². The van der Waals surface area contributed by atoms with E-state index in [0.717, 1.165) is 37.8 Å². The molecule has 0 amide bonds. The van der Waals surface area contributed by atoms with Gasteiger partial charge >= 0.3 is 0 Å². The van der Waals surface area contributed by atoms with Crippen molar-refractivity contribution in [3.63, 3.8) is 0 Å². The van der Waals surface area contributed by atoms with E-state index < -0.39 is 11.6 Å². The van der Waals surface area contributed by atoms with Gasteiger partial charge in [-0.05, 0) is 11.6 Å². The Balaban J connectivity index is 2.02. The Morgan fingerprint density at radius 2 is 1.67 bits per heavy atom. The van der Waals surface area contributed by atoms with E-state index in [2.05, 4.69) is 10.2 Å². The Bertz CT molecular complexity index is 595. The van der Waals surface area contributed by atoms with Crippen molar-refractivity contribution in [3.05, 3.63) is 71.3 Å². The number of benzene rings is 2. The summed E-state index contributed by atoms with van der Waals surface area (Å²) in [5, 5.41) is 3.30. The molecular weight excluding hydrogens is 270 g/mol. The van der Waals surface area contributed by atoms with Gasteiger partial charge in [-0.1, -0.05) is 36.4 Å². The van der Waals surface area contributed by atoms with Crippen LogP contribution in [-0.4, -0.2) is 31.1 Å². The molecule has 0 bridgehead atoms. The van der Waals surface area contributed by atoms with Crippen LogP contribution >= 0.6 is 0 Å². The minimum atomic E-state index is -0.539.